The molecule has 0 saturated carbocycles. The lowest BCUT2D eigenvalue weighted by Gasteiger charge is -2.19. The van der Waals surface area contributed by atoms with Gasteiger partial charge in [-0.1, -0.05) is 12.2 Å². The zero-order valence-corrected chi connectivity index (χ0v) is 9.40. The van der Waals surface area contributed by atoms with Crippen molar-refractivity contribution in [3.63, 3.8) is 0 Å². The summed E-state index contributed by atoms with van der Waals surface area (Å²) in [5, 5.41) is 0. The number of nitrogens with two attached hydrogens (primary N) is 1. The van der Waals surface area contributed by atoms with Crippen molar-refractivity contribution in [2.75, 3.05) is 18.5 Å². The van der Waals surface area contributed by atoms with E-state index in [2.05, 4.69) is 12.2 Å². The summed E-state index contributed by atoms with van der Waals surface area (Å²) in [6.45, 7) is -0.524. The van der Waals surface area contributed by atoms with Crippen LogP contribution in [0.25, 0.3) is 0 Å². The van der Waals surface area contributed by atoms with Gasteiger partial charge in [0.15, 0.2) is 0 Å². The van der Waals surface area contributed by atoms with Crippen LogP contribution in [0.15, 0.2) is 18.2 Å². The Morgan fingerprint density at radius 3 is 2.56 bits per heavy atom. The summed E-state index contributed by atoms with van der Waals surface area (Å²) in [5.74, 6) is -0.617. The van der Waals surface area contributed by atoms with Crippen LogP contribution in [0.5, 0.6) is 0 Å². The van der Waals surface area contributed by atoms with Gasteiger partial charge in [-0.05, 0) is 18.2 Å². The second kappa shape index (κ2) is 5.16. The number of hydrogen-bond donors (Lipinski definition) is 1. The number of halogens is 3. The number of benzene rings is 1. The molecule has 0 heterocycles. The molecular weight excluding hydrogens is 237 g/mol. The zero-order valence-electron chi connectivity index (χ0n) is 8.58. The molecule has 16 heavy (non-hydrogen) atoms. The van der Waals surface area contributed by atoms with Crippen molar-refractivity contribution >= 4 is 22.9 Å². The molecule has 0 bridgehead atoms. The molecule has 0 spiro atoms. The molecule has 0 unspecified atom stereocenters. The van der Waals surface area contributed by atoms with E-state index in [-0.39, 0.29) is 10.7 Å². The first kappa shape index (κ1) is 12.8. The Balaban J connectivity index is 2.94. The van der Waals surface area contributed by atoms with Crippen LogP contribution in [-0.4, -0.2) is 25.0 Å². The predicted octanol–water partition coefficient (Wildman–Crippen LogP) is 2.16. The minimum absolute atomic E-state index is 0.0713. The van der Waals surface area contributed by atoms with Crippen molar-refractivity contribution in [1.29, 1.82) is 0 Å². The lowest BCUT2D eigenvalue weighted by molar-refractivity contribution is 0.156. The highest BCUT2D eigenvalue weighted by atomic mass is 32.1. The van der Waals surface area contributed by atoms with E-state index in [0.717, 1.165) is 11.0 Å². The first-order chi connectivity index (χ1) is 7.41. The highest BCUT2D eigenvalue weighted by Gasteiger charge is 2.13. The van der Waals surface area contributed by atoms with E-state index in [0.29, 0.717) is 5.56 Å². The van der Waals surface area contributed by atoms with Crippen LogP contribution in [0.1, 0.15) is 5.56 Å². The summed E-state index contributed by atoms with van der Waals surface area (Å²) in [6, 6.07) is 4.02. The third-order valence-corrected chi connectivity index (χ3v) is 2.29. The Labute approximate surface area is 96.8 Å². The van der Waals surface area contributed by atoms with Crippen LogP contribution in [0, 0.1) is 5.82 Å². The van der Waals surface area contributed by atoms with Crippen molar-refractivity contribution in [3.8, 4) is 0 Å². The van der Waals surface area contributed by atoms with Crippen LogP contribution in [0.4, 0.5) is 18.9 Å². The first-order valence-electron chi connectivity index (χ1n) is 4.50. The molecule has 0 aliphatic heterocycles. The largest absolute Gasteiger partial charge is 0.389 e. The Bertz CT molecular complexity index is 396. The molecule has 0 aliphatic rings. The normalized spacial score (nSPS) is 10.6. The molecule has 6 heteroatoms. The van der Waals surface area contributed by atoms with Gasteiger partial charge in [-0.2, -0.15) is 0 Å². The summed E-state index contributed by atoms with van der Waals surface area (Å²) in [4.78, 5) is 1.21. The lowest BCUT2D eigenvalue weighted by Crippen LogP contribution is -2.25. The Hall–Kier alpha value is -1.30. The summed E-state index contributed by atoms with van der Waals surface area (Å²) in [5.41, 5.74) is 5.79. The molecule has 1 aromatic rings. The number of anilines is 1. The maximum Gasteiger partial charge on any atom is 0.255 e. The molecule has 0 atom stereocenters. The molecule has 0 aliphatic carbocycles. The van der Waals surface area contributed by atoms with E-state index in [1.807, 2.05) is 0 Å². The van der Waals surface area contributed by atoms with E-state index < -0.39 is 18.8 Å². The Morgan fingerprint density at radius 1 is 1.50 bits per heavy atom. The van der Waals surface area contributed by atoms with Gasteiger partial charge in [0.05, 0.1) is 12.2 Å². The van der Waals surface area contributed by atoms with E-state index in [9.17, 15) is 13.2 Å². The maximum absolute atomic E-state index is 13.5. The molecule has 88 valence electrons. The van der Waals surface area contributed by atoms with Gasteiger partial charge in [-0.3, -0.25) is 0 Å². The predicted molar refractivity (Wildman–Crippen MR) is 61.6 cm³/mol. The van der Waals surface area contributed by atoms with Gasteiger partial charge >= 0.3 is 0 Å². The number of alkyl halides is 2. The molecule has 0 radical (unpaired) electrons. The lowest BCUT2D eigenvalue weighted by atomic mass is 10.2. The third-order valence-electron chi connectivity index (χ3n) is 2.06. The smallest absolute Gasteiger partial charge is 0.255 e. The fourth-order valence-corrected chi connectivity index (χ4v) is 1.40. The average molecular weight is 248 g/mol. The molecule has 0 fully saturated rings. The molecule has 0 aromatic heterocycles. The summed E-state index contributed by atoms with van der Waals surface area (Å²) in [6.07, 6.45) is -2.51. The van der Waals surface area contributed by atoms with Crippen molar-refractivity contribution in [3.05, 3.63) is 29.6 Å². The SMILES string of the molecule is CN(CC(F)F)c1ccc(C(N)=S)cc1F. The van der Waals surface area contributed by atoms with Gasteiger partial charge < -0.3 is 10.6 Å². The topological polar surface area (TPSA) is 29.3 Å². The van der Waals surface area contributed by atoms with Gasteiger partial charge in [-0.15, -0.1) is 0 Å². The van der Waals surface area contributed by atoms with Gasteiger partial charge in [0.2, 0.25) is 0 Å². The maximum atomic E-state index is 13.5. The molecule has 1 rings (SSSR count). The molecule has 2 N–H and O–H groups in total. The van der Waals surface area contributed by atoms with Crippen molar-refractivity contribution < 1.29 is 13.2 Å². The standard InChI is InChI=1S/C10H11F3N2S/c1-15(5-9(12)13)8-3-2-6(10(14)16)4-7(8)11/h2-4,9H,5H2,1H3,(H2,14,16). The third kappa shape index (κ3) is 3.10. The Kier molecular flexibility index (Phi) is 4.12. The Morgan fingerprint density at radius 2 is 2.12 bits per heavy atom. The number of rotatable bonds is 4. The van der Waals surface area contributed by atoms with E-state index in [4.69, 9.17) is 5.73 Å². The monoisotopic (exact) mass is 248 g/mol. The summed E-state index contributed by atoms with van der Waals surface area (Å²) < 4.78 is 37.7. The minimum atomic E-state index is -2.51. The molecule has 0 saturated heterocycles. The van der Waals surface area contributed by atoms with Gasteiger partial charge in [0.1, 0.15) is 10.8 Å². The van der Waals surface area contributed by atoms with Crippen LogP contribution in [0.3, 0.4) is 0 Å². The fourth-order valence-electron chi connectivity index (χ4n) is 1.28. The fraction of sp³-hybridized carbons (Fsp3) is 0.300. The number of thiocarbonyl (C=S) groups is 1. The summed E-state index contributed by atoms with van der Waals surface area (Å²) >= 11 is 4.68. The van der Waals surface area contributed by atoms with Crippen LogP contribution < -0.4 is 10.6 Å². The van der Waals surface area contributed by atoms with Gasteiger partial charge in [-0.25, -0.2) is 13.2 Å². The van der Waals surface area contributed by atoms with Crippen LogP contribution >= 0.6 is 12.2 Å². The molecule has 0 amide bonds. The highest BCUT2D eigenvalue weighted by molar-refractivity contribution is 7.80. The van der Waals surface area contributed by atoms with E-state index in [1.165, 1.54) is 19.2 Å². The van der Waals surface area contributed by atoms with Crippen LogP contribution in [-0.2, 0) is 0 Å². The zero-order chi connectivity index (χ0) is 12.3. The first-order valence-corrected chi connectivity index (χ1v) is 4.91. The average Bonchev–Trinajstić information content (AvgIpc) is 2.15. The van der Waals surface area contributed by atoms with Gasteiger partial charge in [0.25, 0.3) is 6.43 Å². The second-order valence-electron chi connectivity index (χ2n) is 3.30. The van der Waals surface area contributed by atoms with Crippen molar-refractivity contribution in [2.45, 2.75) is 6.43 Å². The second-order valence-corrected chi connectivity index (χ2v) is 3.74. The quantitative estimate of drug-likeness (QED) is 0.828. The minimum Gasteiger partial charge on any atom is -0.389 e. The number of nitrogens with zero attached hydrogens (tertiary/aromatic N) is 1. The van der Waals surface area contributed by atoms with Crippen molar-refractivity contribution in [2.24, 2.45) is 5.73 Å². The van der Waals surface area contributed by atoms with E-state index in [1.54, 1.807) is 0 Å². The summed E-state index contributed by atoms with van der Waals surface area (Å²) in [7, 11) is 1.39. The molecule has 2 nitrogen and oxygen atoms in total. The van der Waals surface area contributed by atoms with E-state index >= 15 is 0 Å². The van der Waals surface area contributed by atoms with Crippen molar-refractivity contribution in [1.82, 2.24) is 0 Å². The van der Waals surface area contributed by atoms with Crippen LogP contribution in [0.2, 0.25) is 0 Å². The highest BCUT2D eigenvalue weighted by Crippen LogP contribution is 2.20. The number of hydrogen-bond acceptors (Lipinski definition) is 2. The van der Waals surface area contributed by atoms with Gasteiger partial charge in [0, 0.05) is 12.6 Å². The molecule has 1 aromatic carbocycles. The molecular formula is C10H11F3N2S.